The summed E-state index contributed by atoms with van der Waals surface area (Å²) in [6.45, 7) is -0.751. The van der Waals surface area contributed by atoms with Crippen LogP contribution >= 0.6 is 11.8 Å². The lowest BCUT2D eigenvalue weighted by Gasteiger charge is -2.41. The van der Waals surface area contributed by atoms with Crippen LogP contribution in [0.2, 0.25) is 0 Å². The van der Waals surface area contributed by atoms with Gasteiger partial charge in [0.2, 0.25) is 0 Å². The molecule has 3 rings (SSSR count). The standard InChI is InChI=1S/C22H22O6S/c23-11-5-1-2-6-12-27-21-19(25)18(14-24)28-22(20(21)26)29-17-10-9-15-7-3-4-8-16(15)13-17/h3-4,7-10,13,18-26H,11-12,14H2/t18-,19+,20-,21+,22+/m1/s1. The van der Waals surface area contributed by atoms with Gasteiger partial charge in [-0.05, 0) is 34.7 Å². The van der Waals surface area contributed by atoms with Crippen LogP contribution in [0.3, 0.4) is 0 Å². The minimum Gasteiger partial charge on any atom is -0.394 e. The van der Waals surface area contributed by atoms with E-state index in [0.29, 0.717) is 0 Å². The van der Waals surface area contributed by atoms with Crippen LogP contribution in [0.4, 0.5) is 0 Å². The maximum atomic E-state index is 10.7. The molecule has 1 heterocycles. The van der Waals surface area contributed by atoms with Crippen LogP contribution in [0.1, 0.15) is 0 Å². The lowest BCUT2D eigenvalue weighted by Crippen LogP contribution is -2.58. The van der Waals surface area contributed by atoms with E-state index in [1.54, 1.807) is 0 Å². The number of fused-ring (bicyclic) bond motifs is 1. The van der Waals surface area contributed by atoms with Crippen molar-refractivity contribution in [1.82, 2.24) is 0 Å². The van der Waals surface area contributed by atoms with Gasteiger partial charge in [-0.3, -0.25) is 0 Å². The highest BCUT2D eigenvalue weighted by Crippen LogP contribution is 2.35. The Kier molecular flexibility index (Phi) is 7.93. The Labute approximate surface area is 173 Å². The fourth-order valence-corrected chi connectivity index (χ4v) is 4.13. The molecule has 0 radical (unpaired) electrons. The first-order valence-corrected chi connectivity index (χ1v) is 9.98. The Morgan fingerprint density at radius 3 is 2.48 bits per heavy atom. The lowest BCUT2D eigenvalue weighted by atomic mass is 10.00. The largest absolute Gasteiger partial charge is 0.394 e. The van der Waals surface area contributed by atoms with E-state index < -0.39 is 36.5 Å². The van der Waals surface area contributed by atoms with E-state index in [0.717, 1.165) is 15.7 Å². The number of benzene rings is 2. The van der Waals surface area contributed by atoms with Crippen molar-refractivity contribution in [1.29, 1.82) is 0 Å². The van der Waals surface area contributed by atoms with Crippen LogP contribution in [0.25, 0.3) is 10.8 Å². The Morgan fingerprint density at radius 1 is 0.966 bits per heavy atom. The molecule has 6 nitrogen and oxygen atoms in total. The Balaban J connectivity index is 1.72. The van der Waals surface area contributed by atoms with Crippen LogP contribution in [-0.2, 0) is 9.47 Å². The van der Waals surface area contributed by atoms with Crippen molar-refractivity contribution in [2.75, 3.05) is 19.8 Å². The fourth-order valence-electron chi connectivity index (χ4n) is 3.02. The second-order valence-corrected chi connectivity index (χ2v) is 7.54. The zero-order valence-electron chi connectivity index (χ0n) is 15.6. The van der Waals surface area contributed by atoms with E-state index >= 15 is 0 Å². The summed E-state index contributed by atoms with van der Waals surface area (Å²) in [5.41, 5.74) is -0.733. The predicted octanol–water partition coefficient (Wildman–Crippen LogP) is 0.755. The molecule has 1 fully saturated rings. The molecule has 0 unspecified atom stereocenters. The third kappa shape index (κ3) is 5.51. The zero-order chi connectivity index (χ0) is 20.6. The minimum atomic E-state index is -1.20. The molecule has 2 aromatic carbocycles. The van der Waals surface area contributed by atoms with Gasteiger partial charge in [0.25, 0.3) is 0 Å². The summed E-state index contributed by atoms with van der Waals surface area (Å²) < 4.78 is 11.3. The molecule has 5 atom stereocenters. The summed E-state index contributed by atoms with van der Waals surface area (Å²) in [5.74, 6) is 9.97. The quantitative estimate of drug-likeness (QED) is 0.536. The first-order valence-electron chi connectivity index (χ1n) is 9.10. The average molecular weight is 414 g/mol. The van der Waals surface area contributed by atoms with Crippen molar-refractivity contribution in [2.24, 2.45) is 0 Å². The maximum Gasteiger partial charge on any atom is 0.136 e. The van der Waals surface area contributed by atoms with Gasteiger partial charge >= 0.3 is 0 Å². The smallest absolute Gasteiger partial charge is 0.136 e. The van der Waals surface area contributed by atoms with Gasteiger partial charge < -0.3 is 29.9 Å². The summed E-state index contributed by atoms with van der Waals surface area (Å²) in [6, 6.07) is 13.9. The molecule has 29 heavy (non-hydrogen) atoms. The van der Waals surface area contributed by atoms with E-state index in [4.69, 9.17) is 14.6 Å². The van der Waals surface area contributed by atoms with Gasteiger partial charge in [0.15, 0.2) is 0 Å². The van der Waals surface area contributed by atoms with Gasteiger partial charge in [0.05, 0.1) is 6.61 Å². The first-order chi connectivity index (χ1) is 14.1. The van der Waals surface area contributed by atoms with E-state index in [1.165, 1.54) is 11.8 Å². The Hall–Kier alpha value is -2.07. The lowest BCUT2D eigenvalue weighted by molar-refractivity contribution is -0.217. The van der Waals surface area contributed by atoms with Gasteiger partial charge in [0.1, 0.15) is 43.1 Å². The van der Waals surface area contributed by atoms with Crippen LogP contribution in [0, 0.1) is 23.7 Å². The van der Waals surface area contributed by atoms with E-state index in [9.17, 15) is 15.3 Å². The first kappa shape index (κ1) is 21.6. The molecule has 0 aromatic heterocycles. The summed E-state index contributed by atoms with van der Waals surface area (Å²) >= 11 is 1.30. The minimum absolute atomic E-state index is 0.0651. The highest BCUT2D eigenvalue weighted by molar-refractivity contribution is 7.99. The third-order valence-corrected chi connectivity index (χ3v) is 5.61. The molecule has 4 N–H and O–H groups in total. The molecular formula is C22H22O6S. The van der Waals surface area contributed by atoms with Gasteiger partial charge in [-0.1, -0.05) is 53.9 Å². The molecule has 0 amide bonds. The third-order valence-electron chi connectivity index (χ3n) is 4.46. The second kappa shape index (κ2) is 10.6. The number of thioether (sulfide) groups is 1. The molecular weight excluding hydrogens is 392 g/mol. The number of ether oxygens (including phenoxy) is 2. The number of aliphatic hydroxyl groups excluding tert-OH is 4. The van der Waals surface area contributed by atoms with E-state index in [1.807, 2.05) is 42.5 Å². The average Bonchev–Trinajstić information content (AvgIpc) is 2.74. The summed E-state index contributed by atoms with van der Waals surface area (Å²) in [6.07, 6.45) is -4.19. The van der Waals surface area contributed by atoms with Crippen LogP contribution in [0.5, 0.6) is 0 Å². The molecule has 7 heteroatoms. The van der Waals surface area contributed by atoms with Crippen molar-refractivity contribution in [3.05, 3.63) is 42.5 Å². The monoisotopic (exact) mass is 414 g/mol. The molecule has 0 aliphatic carbocycles. The number of hydrogen-bond acceptors (Lipinski definition) is 7. The van der Waals surface area contributed by atoms with Crippen molar-refractivity contribution in [3.8, 4) is 23.7 Å². The topological polar surface area (TPSA) is 99.4 Å². The van der Waals surface area contributed by atoms with E-state index in [-0.39, 0.29) is 13.2 Å². The van der Waals surface area contributed by atoms with Gasteiger partial charge in [-0.15, -0.1) is 0 Å². The van der Waals surface area contributed by atoms with Crippen LogP contribution in [-0.4, -0.2) is 70.1 Å². The molecule has 1 saturated heterocycles. The predicted molar refractivity (Wildman–Crippen MR) is 110 cm³/mol. The number of aliphatic hydroxyl groups is 4. The molecule has 0 bridgehead atoms. The summed E-state index contributed by atoms with van der Waals surface area (Å²) in [5, 5.41) is 41.4. The van der Waals surface area contributed by atoms with Crippen molar-refractivity contribution in [2.45, 2.75) is 34.7 Å². The molecule has 1 aliphatic heterocycles. The maximum absolute atomic E-state index is 10.7. The van der Waals surface area contributed by atoms with Crippen LogP contribution in [0.15, 0.2) is 47.4 Å². The van der Waals surface area contributed by atoms with Gasteiger partial charge in [-0.2, -0.15) is 0 Å². The molecule has 1 aliphatic rings. The van der Waals surface area contributed by atoms with E-state index in [2.05, 4.69) is 23.7 Å². The second-order valence-electron chi connectivity index (χ2n) is 6.37. The van der Waals surface area contributed by atoms with Crippen molar-refractivity contribution < 1.29 is 29.9 Å². The van der Waals surface area contributed by atoms with Crippen LogP contribution < -0.4 is 0 Å². The van der Waals surface area contributed by atoms with Crippen molar-refractivity contribution >= 4 is 22.5 Å². The molecule has 0 spiro atoms. The fraction of sp³-hybridized carbons (Fsp3) is 0.364. The summed E-state index contributed by atoms with van der Waals surface area (Å²) in [7, 11) is 0. The SMILES string of the molecule is OCC#CC#CCO[C@H]1[C@@H](O)[C@@H](CO)O[C@@H](Sc2ccc3ccccc3c2)[C@@H]1O. The normalized spacial score (nSPS) is 26.3. The number of rotatable bonds is 5. The zero-order valence-corrected chi connectivity index (χ0v) is 16.4. The van der Waals surface area contributed by atoms with Gasteiger partial charge in [-0.25, -0.2) is 0 Å². The molecule has 152 valence electrons. The van der Waals surface area contributed by atoms with Gasteiger partial charge in [0, 0.05) is 4.90 Å². The molecule has 0 saturated carbocycles. The highest BCUT2D eigenvalue weighted by atomic mass is 32.2. The van der Waals surface area contributed by atoms with Crippen molar-refractivity contribution in [3.63, 3.8) is 0 Å². The Bertz CT molecular complexity index is 941. The highest BCUT2D eigenvalue weighted by Gasteiger charge is 2.45. The number of hydrogen-bond donors (Lipinski definition) is 4. The Morgan fingerprint density at radius 2 is 1.72 bits per heavy atom. The molecule has 2 aromatic rings. The summed E-state index contributed by atoms with van der Waals surface area (Å²) in [4.78, 5) is 0.888.